The van der Waals surface area contributed by atoms with E-state index in [4.69, 9.17) is 28.6 Å². The van der Waals surface area contributed by atoms with Crippen molar-refractivity contribution in [3.05, 3.63) is 71.7 Å². The van der Waals surface area contributed by atoms with E-state index in [1.54, 1.807) is 31.3 Å². The third-order valence-corrected chi connectivity index (χ3v) is 13.4. The van der Waals surface area contributed by atoms with E-state index in [-0.39, 0.29) is 43.1 Å². The van der Waals surface area contributed by atoms with E-state index in [1.807, 2.05) is 26.8 Å². The Morgan fingerprint density at radius 2 is 2.02 bits per heavy atom. The molecule has 4 aromatic rings. The van der Waals surface area contributed by atoms with Crippen molar-refractivity contribution in [1.82, 2.24) is 30.3 Å². The van der Waals surface area contributed by atoms with Gasteiger partial charge >= 0.3 is 5.97 Å². The quantitative estimate of drug-likeness (QED) is 0.186. The van der Waals surface area contributed by atoms with Gasteiger partial charge in [0.2, 0.25) is 5.91 Å². The maximum Gasteiger partial charge on any atom is 0.324 e. The molecule has 8 atom stereocenters. The Bertz CT molecular complexity index is 2240. The number of fused-ring (bicyclic) bond motifs is 5. The number of thioether (sulfide) groups is 1. The molecule has 1 aromatic carbocycles. The topological polar surface area (TPSA) is 162 Å². The van der Waals surface area contributed by atoms with E-state index < -0.39 is 41.4 Å². The summed E-state index contributed by atoms with van der Waals surface area (Å²) in [6, 6.07) is 8.56. The standard InChI is InChI=1S/C44H55N7O7S/c1-8-50-33-15-14-26-18-28(33)29(38(50)27-12-10-16-45-36(27)25(4)55-7)19-44(5,6)22-58-43(54)30-13-11-17-51(49-30)42(53)37(39(57-9-2)41-47-32(26)21-59-41)48-40(52)35-24(3)34(35)31-20-56-23-46-31/h10,12,14-16,18,20,23-25,30,32,34-35,37,39,49H,8-9,11,13,17,19,21-22H2,1-7H3,(H,48,52)/t24-,25-,30-,32?,34-,35+,37-,39-/m0/s1. The monoisotopic (exact) mass is 825 g/mol. The van der Waals surface area contributed by atoms with Gasteiger partial charge in [-0.1, -0.05) is 26.8 Å². The summed E-state index contributed by atoms with van der Waals surface area (Å²) in [4.78, 5) is 57.0. The van der Waals surface area contributed by atoms with Crippen LogP contribution >= 0.6 is 11.8 Å². The number of oxazole rings is 1. The Labute approximate surface area is 349 Å². The highest BCUT2D eigenvalue weighted by Gasteiger charge is 2.55. The lowest BCUT2D eigenvalue weighted by Crippen LogP contribution is -2.63. The summed E-state index contributed by atoms with van der Waals surface area (Å²) in [5.41, 5.74) is 9.59. The molecule has 8 rings (SSSR count). The first-order valence-electron chi connectivity index (χ1n) is 20.8. The van der Waals surface area contributed by atoms with Crippen molar-refractivity contribution in [3.8, 4) is 11.3 Å². The number of benzene rings is 1. The molecule has 2 N–H and O–H groups in total. The predicted octanol–water partition coefficient (Wildman–Crippen LogP) is 6.17. The summed E-state index contributed by atoms with van der Waals surface area (Å²) < 4.78 is 25.9. The summed E-state index contributed by atoms with van der Waals surface area (Å²) in [5, 5.41) is 6.30. The second-order valence-corrected chi connectivity index (χ2v) is 17.9. The molecule has 3 aliphatic heterocycles. The molecule has 2 fully saturated rings. The Morgan fingerprint density at radius 1 is 1.19 bits per heavy atom. The number of carbonyl (C=O) groups is 3. The molecule has 1 saturated carbocycles. The third kappa shape index (κ3) is 7.94. The van der Waals surface area contributed by atoms with Crippen LogP contribution in [0.3, 0.4) is 0 Å². The van der Waals surface area contributed by atoms with Gasteiger partial charge in [-0.25, -0.2) is 10.4 Å². The van der Waals surface area contributed by atoms with Crippen LogP contribution in [0.5, 0.6) is 0 Å². The largest absolute Gasteiger partial charge is 0.464 e. The maximum absolute atomic E-state index is 14.7. The fourth-order valence-electron chi connectivity index (χ4n) is 9.13. The Kier molecular flexibility index (Phi) is 11.7. The number of cyclic esters (lactones) is 1. The number of aryl methyl sites for hydroxylation is 1. The zero-order valence-corrected chi connectivity index (χ0v) is 35.7. The van der Waals surface area contributed by atoms with Crippen LogP contribution in [0.2, 0.25) is 0 Å². The number of rotatable bonds is 9. The smallest absolute Gasteiger partial charge is 0.324 e. The number of ether oxygens (including phenoxy) is 3. The summed E-state index contributed by atoms with van der Waals surface area (Å²) in [6.07, 6.45) is 5.31. The lowest BCUT2D eigenvalue weighted by molar-refractivity contribution is -0.156. The molecule has 1 saturated heterocycles. The van der Waals surface area contributed by atoms with E-state index in [2.05, 4.69) is 65.3 Å². The number of hydrogen-bond donors (Lipinski definition) is 2. The van der Waals surface area contributed by atoms with Gasteiger partial charge in [0.05, 0.1) is 35.8 Å². The van der Waals surface area contributed by atoms with Crippen LogP contribution in [-0.4, -0.2) is 93.2 Å². The zero-order valence-electron chi connectivity index (χ0n) is 34.9. The zero-order chi connectivity index (χ0) is 41.6. The number of hydrogen-bond acceptors (Lipinski definition) is 12. The number of pyridine rings is 1. The molecule has 1 unspecified atom stereocenters. The highest BCUT2D eigenvalue weighted by atomic mass is 32.2. The van der Waals surface area contributed by atoms with Gasteiger partial charge in [-0.2, -0.15) is 0 Å². The molecule has 15 heteroatoms. The van der Waals surface area contributed by atoms with Crippen molar-refractivity contribution >= 4 is 45.5 Å². The molecule has 6 bridgehead atoms. The van der Waals surface area contributed by atoms with Crippen molar-refractivity contribution in [2.24, 2.45) is 22.2 Å². The summed E-state index contributed by atoms with van der Waals surface area (Å²) in [7, 11) is 1.70. The molecule has 0 spiro atoms. The van der Waals surface area contributed by atoms with Crippen LogP contribution in [0.4, 0.5) is 0 Å². The molecule has 59 heavy (non-hydrogen) atoms. The number of carbonyl (C=O) groups excluding carboxylic acids is 3. The second-order valence-electron chi connectivity index (χ2n) is 16.9. The van der Waals surface area contributed by atoms with Gasteiger partial charge < -0.3 is 28.5 Å². The van der Waals surface area contributed by atoms with Crippen LogP contribution in [0.15, 0.2) is 58.6 Å². The highest BCUT2D eigenvalue weighted by Crippen LogP contribution is 2.53. The lowest BCUT2D eigenvalue weighted by Gasteiger charge is -2.37. The Hall–Kier alpha value is -4.57. The molecule has 4 aliphatic rings. The average Bonchev–Trinajstić information content (AvgIpc) is 3.69. The van der Waals surface area contributed by atoms with Crippen LogP contribution in [0.25, 0.3) is 22.2 Å². The number of hydrazine groups is 1. The molecule has 2 amide bonds. The highest BCUT2D eigenvalue weighted by molar-refractivity contribution is 8.14. The Morgan fingerprint density at radius 3 is 2.76 bits per heavy atom. The summed E-state index contributed by atoms with van der Waals surface area (Å²) in [6.45, 7) is 13.8. The fourth-order valence-corrected chi connectivity index (χ4v) is 10.3. The normalized spacial score (nSPS) is 27.5. The molecule has 314 valence electrons. The van der Waals surface area contributed by atoms with Crippen LogP contribution < -0.4 is 10.7 Å². The number of nitrogens with one attached hydrogen (secondary N) is 2. The first-order chi connectivity index (χ1) is 28.4. The van der Waals surface area contributed by atoms with Crippen LogP contribution in [0, 0.1) is 17.3 Å². The molecule has 6 heterocycles. The van der Waals surface area contributed by atoms with Gasteiger partial charge in [-0.3, -0.25) is 29.4 Å². The minimum Gasteiger partial charge on any atom is -0.464 e. The number of nitrogens with zero attached hydrogens (tertiary/aromatic N) is 5. The van der Waals surface area contributed by atoms with Crippen LogP contribution in [0.1, 0.15) is 95.0 Å². The molecular weight excluding hydrogens is 771 g/mol. The number of aliphatic imine (C=N–C) groups is 1. The number of methoxy groups -OCH3 is 1. The van der Waals surface area contributed by atoms with Gasteiger partial charge in [0.1, 0.15) is 29.5 Å². The van der Waals surface area contributed by atoms with Crippen molar-refractivity contribution in [2.45, 2.75) is 104 Å². The first kappa shape index (κ1) is 41.2. The maximum atomic E-state index is 14.7. The molecule has 3 aromatic heterocycles. The van der Waals surface area contributed by atoms with Gasteiger partial charge in [0, 0.05) is 72.5 Å². The van der Waals surface area contributed by atoms with Gasteiger partial charge in [0.25, 0.3) is 5.91 Å². The second kappa shape index (κ2) is 16.8. The van der Waals surface area contributed by atoms with E-state index in [1.165, 1.54) is 11.4 Å². The third-order valence-electron chi connectivity index (χ3n) is 12.3. The molecular formula is C44H55N7O7S. The average molecular weight is 826 g/mol. The van der Waals surface area contributed by atoms with Gasteiger partial charge in [-0.15, -0.1) is 11.8 Å². The predicted molar refractivity (Wildman–Crippen MR) is 224 cm³/mol. The van der Waals surface area contributed by atoms with Gasteiger partial charge in [-0.05, 0) is 81.3 Å². The van der Waals surface area contributed by atoms with E-state index in [9.17, 15) is 14.4 Å². The Balaban J connectivity index is 1.24. The fraction of sp³-hybridized carbons (Fsp3) is 0.545. The number of esters is 1. The van der Waals surface area contributed by atoms with Crippen LogP contribution in [-0.2, 0) is 41.6 Å². The minimum atomic E-state index is -1.11. The number of amides is 2. The molecule has 14 nitrogen and oxygen atoms in total. The summed E-state index contributed by atoms with van der Waals surface area (Å²) in [5.74, 6) is -0.959. The minimum absolute atomic E-state index is 0.00932. The molecule has 0 radical (unpaired) electrons. The van der Waals surface area contributed by atoms with Gasteiger partial charge in [0.15, 0.2) is 6.39 Å². The van der Waals surface area contributed by atoms with Crippen molar-refractivity contribution in [2.75, 3.05) is 32.6 Å². The lowest BCUT2D eigenvalue weighted by atomic mass is 9.84. The van der Waals surface area contributed by atoms with Crippen molar-refractivity contribution < 1.29 is 33.0 Å². The first-order valence-corrected chi connectivity index (χ1v) is 21.8. The van der Waals surface area contributed by atoms with E-state index in [0.717, 1.165) is 45.5 Å². The van der Waals surface area contributed by atoms with Crippen molar-refractivity contribution in [1.29, 1.82) is 0 Å². The van der Waals surface area contributed by atoms with E-state index >= 15 is 0 Å². The molecule has 1 aliphatic carbocycles. The van der Waals surface area contributed by atoms with Crippen molar-refractivity contribution in [3.63, 3.8) is 0 Å². The summed E-state index contributed by atoms with van der Waals surface area (Å²) >= 11 is 1.55. The number of aromatic nitrogens is 3. The van der Waals surface area contributed by atoms with E-state index in [0.29, 0.717) is 42.3 Å². The SMILES string of the molecule is CCO[C@@H]1C2=NC(CS2)c2ccc3c(c2)c(c(-c2cccnc2[C@H](C)OC)n3CC)CC(C)(C)COC(=O)[C@@H]2CCCN(N2)C(=O)[C@H]1NC(=O)[C@@H]1[C@@H](C)[C@H]1c1cocn1.